The van der Waals surface area contributed by atoms with Crippen molar-refractivity contribution in [3.8, 4) is 11.5 Å². The number of carbonyl (C=O) groups is 1. The summed E-state index contributed by atoms with van der Waals surface area (Å²) in [5.74, 6) is 3.51. The Balaban J connectivity index is 1.32. The molecule has 0 radical (unpaired) electrons. The largest absolute Gasteiger partial charge is 0.486 e. The Bertz CT molecular complexity index is 733. The average molecular weight is 375 g/mol. The highest BCUT2D eigenvalue weighted by Gasteiger charge is 2.12. The number of amides is 1. The molecule has 140 valence electrons. The molecule has 0 unspecified atom stereocenters. The Morgan fingerprint density at radius 2 is 2.15 bits per heavy atom. The van der Waals surface area contributed by atoms with Crippen LogP contribution in [-0.2, 0) is 17.8 Å². The summed E-state index contributed by atoms with van der Waals surface area (Å²) in [5.41, 5.74) is 0. The molecule has 0 saturated heterocycles. The number of fused-ring (bicyclic) bond motifs is 1. The van der Waals surface area contributed by atoms with Gasteiger partial charge in [0, 0.05) is 49.0 Å². The highest BCUT2D eigenvalue weighted by atomic mass is 32.2. The molecule has 6 nitrogen and oxygen atoms in total. The van der Waals surface area contributed by atoms with Gasteiger partial charge in [0.1, 0.15) is 19.0 Å². The van der Waals surface area contributed by atoms with Gasteiger partial charge in [-0.25, -0.2) is 4.98 Å². The van der Waals surface area contributed by atoms with Gasteiger partial charge in [-0.05, 0) is 24.6 Å². The van der Waals surface area contributed by atoms with Gasteiger partial charge in [-0.15, -0.1) is 11.8 Å². The minimum absolute atomic E-state index is 0.0939. The first-order chi connectivity index (χ1) is 12.8. The number of nitrogens with zero attached hydrogens (tertiary/aromatic N) is 2. The van der Waals surface area contributed by atoms with Gasteiger partial charge in [-0.3, -0.25) is 4.79 Å². The summed E-state index contributed by atoms with van der Waals surface area (Å²) in [4.78, 5) is 17.4. The number of aryl methyl sites for hydroxylation is 2. The van der Waals surface area contributed by atoms with Gasteiger partial charge in [-0.1, -0.05) is 6.92 Å². The number of rotatable bonds is 9. The summed E-state index contributed by atoms with van der Waals surface area (Å²) in [7, 11) is 0. The number of benzene rings is 1. The molecule has 0 saturated carbocycles. The topological polar surface area (TPSA) is 65.4 Å². The third-order valence-electron chi connectivity index (χ3n) is 4.13. The molecule has 1 amide bonds. The number of nitrogens with one attached hydrogen (secondary N) is 1. The second-order valence-corrected chi connectivity index (χ2v) is 7.17. The van der Waals surface area contributed by atoms with Crippen molar-refractivity contribution in [1.82, 2.24) is 14.9 Å². The number of carbonyl (C=O) groups excluding carboxylic acids is 1. The van der Waals surface area contributed by atoms with Crippen LogP contribution >= 0.6 is 11.8 Å². The van der Waals surface area contributed by atoms with Crippen LogP contribution in [0.1, 0.15) is 25.6 Å². The highest BCUT2D eigenvalue weighted by molar-refractivity contribution is 7.99. The van der Waals surface area contributed by atoms with Crippen molar-refractivity contribution < 1.29 is 14.3 Å². The summed E-state index contributed by atoms with van der Waals surface area (Å²) in [6.45, 7) is 4.85. The lowest BCUT2D eigenvalue weighted by atomic mass is 10.3. The van der Waals surface area contributed by atoms with E-state index in [0.717, 1.165) is 47.4 Å². The van der Waals surface area contributed by atoms with E-state index < -0.39 is 0 Å². The van der Waals surface area contributed by atoms with Gasteiger partial charge in [-0.2, -0.15) is 0 Å². The molecular weight excluding hydrogens is 350 g/mol. The molecule has 3 rings (SSSR count). The van der Waals surface area contributed by atoms with Gasteiger partial charge in [0.2, 0.25) is 5.91 Å². The molecule has 1 aliphatic rings. The van der Waals surface area contributed by atoms with Crippen LogP contribution < -0.4 is 14.8 Å². The molecule has 0 aliphatic carbocycles. The van der Waals surface area contributed by atoms with E-state index in [2.05, 4.69) is 21.8 Å². The fourth-order valence-electron chi connectivity index (χ4n) is 2.80. The van der Waals surface area contributed by atoms with Gasteiger partial charge in [0.25, 0.3) is 0 Å². The maximum atomic E-state index is 12.0. The third-order valence-corrected chi connectivity index (χ3v) is 5.12. The zero-order chi connectivity index (χ0) is 18.2. The predicted octanol–water partition coefficient (Wildman–Crippen LogP) is 2.91. The van der Waals surface area contributed by atoms with Gasteiger partial charge in [0.15, 0.2) is 11.5 Å². The lowest BCUT2D eigenvalue weighted by molar-refractivity contribution is -0.120. The molecule has 0 fully saturated rings. The minimum atomic E-state index is 0.0939. The van der Waals surface area contributed by atoms with Crippen LogP contribution in [0.3, 0.4) is 0 Å². The SMILES string of the molecule is CCc1nccn1CCCNC(=O)CCSc1ccc2c(c1)OCCO2. The number of thioether (sulfide) groups is 1. The van der Waals surface area contributed by atoms with E-state index in [0.29, 0.717) is 26.2 Å². The summed E-state index contributed by atoms with van der Waals surface area (Å²) in [5, 5.41) is 2.99. The first-order valence-corrected chi connectivity index (χ1v) is 10.0. The smallest absolute Gasteiger partial charge is 0.220 e. The van der Waals surface area contributed by atoms with Crippen molar-refractivity contribution in [2.45, 2.75) is 37.6 Å². The van der Waals surface area contributed by atoms with Gasteiger partial charge >= 0.3 is 0 Å². The van der Waals surface area contributed by atoms with E-state index in [1.54, 1.807) is 11.8 Å². The first-order valence-electron chi connectivity index (χ1n) is 9.05. The van der Waals surface area contributed by atoms with Crippen LogP contribution in [0.4, 0.5) is 0 Å². The number of hydrogen-bond donors (Lipinski definition) is 1. The van der Waals surface area contributed by atoms with E-state index in [1.807, 2.05) is 30.6 Å². The zero-order valence-electron chi connectivity index (χ0n) is 15.1. The monoisotopic (exact) mass is 375 g/mol. The Morgan fingerprint density at radius 1 is 1.31 bits per heavy atom. The normalized spacial score (nSPS) is 12.8. The fourth-order valence-corrected chi connectivity index (χ4v) is 3.68. The van der Waals surface area contributed by atoms with E-state index in [1.165, 1.54) is 0 Å². The Kier molecular flexibility index (Phi) is 6.82. The molecule has 0 atom stereocenters. The maximum Gasteiger partial charge on any atom is 0.220 e. The van der Waals surface area contributed by atoms with Crippen LogP contribution in [0.5, 0.6) is 11.5 Å². The molecule has 26 heavy (non-hydrogen) atoms. The van der Waals surface area contributed by atoms with Crippen LogP contribution in [0.15, 0.2) is 35.5 Å². The summed E-state index contributed by atoms with van der Waals surface area (Å²) in [6.07, 6.45) is 6.16. The second kappa shape index (κ2) is 9.52. The number of hydrogen-bond acceptors (Lipinski definition) is 5. The maximum absolute atomic E-state index is 12.0. The van der Waals surface area contributed by atoms with Crippen LogP contribution in [0.2, 0.25) is 0 Å². The van der Waals surface area contributed by atoms with Crippen molar-refractivity contribution >= 4 is 17.7 Å². The Labute approximate surface area is 158 Å². The third kappa shape index (κ3) is 5.17. The molecule has 0 spiro atoms. The molecular formula is C19H25N3O3S. The molecule has 1 N–H and O–H groups in total. The molecule has 1 aliphatic heterocycles. The quantitative estimate of drug-likeness (QED) is 0.539. The van der Waals surface area contributed by atoms with Gasteiger partial charge in [0.05, 0.1) is 0 Å². The summed E-state index contributed by atoms with van der Waals surface area (Å²) in [6, 6.07) is 5.91. The standard InChI is InChI=1S/C19H25N3O3S/c1-2-18-20-8-10-22(18)9-3-7-21-19(23)6-13-26-15-4-5-16-17(14-15)25-12-11-24-16/h4-5,8,10,14H,2-3,6-7,9,11-13H2,1H3,(H,21,23). The van der Waals surface area contributed by atoms with Gasteiger partial charge < -0.3 is 19.4 Å². The molecule has 2 heterocycles. The molecule has 2 aromatic rings. The number of aromatic nitrogens is 2. The molecule has 1 aromatic heterocycles. The van der Waals surface area contributed by atoms with Crippen molar-refractivity contribution in [2.24, 2.45) is 0 Å². The second-order valence-electron chi connectivity index (χ2n) is 6.00. The van der Waals surface area contributed by atoms with E-state index in [4.69, 9.17) is 9.47 Å². The Morgan fingerprint density at radius 3 is 3.00 bits per heavy atom. The van der Waals surface area contributed by atoms with Crippen molar-refractivity contribution in [3.63, 3.8) is 0 Å². The van der Waals surface area contributed by atoms with Crippen molar-refractivity contribution in [3.05, 3.63) is 36.4 Å². The lowest BCUT2D eigenvalue weighted by Crippen LogP contribution is -2.25. The highest BCUT2D eigenvalue weighted by Crippen LogP contribution is 2.34. The summed E-state index contributed by atoms with van der Waals surface area (Å²) < 4.78 is 13.2. The zero-order valence-corrected chi connectivity index (χ0v) is 15.9. The molecule has 0 bridgehead atoms. The minimum Gasteiger partial charge on any atom is -0.486 e. The predicted molar refractivity (Wildman–Crippen MR) is 102 cm³/mol. The number of imidazole rings is 1. The first kappa shape index (κ1) is 18.6. The average Bonchev–Trinajstić information content (AvgIpc) is 3.12. The van der Waals surface area contributed by atoms with Crippen LogP contribution in [-0.4, -0.2) is 41.0 Å². The molecule has 7 heteroatoms. The Hall–Kier alpha value is -2.15. The van der Waals surface area contributed by atoms with Crippen molar-refractivity contribution in [1.29, 1.82) is 0 Å². The summed E-state index contributed by atoms with van der Waals surface area (Å²) >= 11 is 1.65. The van der Waals surface area contributed by atoms with E-state index in [-0.39, 0.29) is 5.91 Å². The van der Waals surface area contributed by atoms with Crippen LogP contribution in [0.25, 0.3) is 0 Å². The van der Waals surface area contributed by atoms with E-state index >= 15 is 0 Å². The fraction of sp³-hybridized carbons (Fsp3) is 0.474. The van der Waals surface area contributed by atoms with Crippen LogP contribution in [0, 0.1) is 0 Å². The van der Waals surface area contributed by atoms with E-state index in [9.17, 15) is 4.79 Å². The number of ether oxygens (including phenoxy) is 2. The lowest BCUT2D eigenvalue weighted by Gasteiger charge is -2.18. The molecule has 1 aromatic carbocycles. The van der Waals surface area contributed by atoms with Crippen molar-refractivity contribution in [2.75, 3.05) is 25.5 Å².